The van der Waals surface area contributed by atoms with Gasteiger partial charge in [-0.25, -0.2) is 5.43 Å². The number of rotatable bonds is 5. The van der Waals surface area contributed by atoms with Gasteiger partial charge < -0.3 is 9.47 Å². The molecule has 150 valence electrons. The van der Waals surface area contributed by atoms with Gasteiger partial charge in [0, 0.05) is 10.0 Å². The summed E-state index contributed by atoms with van der Waals surface area (Å²) in [5.41, 5.74) is 8.41. The maximum absolute atomic E-state index is 12.4. The lowest BCUT2D eigenvalue weighted by Gasteiger charge is -2.12. The van der Waals surface area contributed by atoms with E-state index in [1.54, 1.807) is 18.0 Å². The second kappa shape index (κ2) is 8.16. The zero-order valence-corrected chi connectivity index (χ0v) is 18.2. The lowest BCUT2D eigenvalue weighted by molar-refractivity contribution is -0.118. The maximum atomic E-state index is 12.4. The van der Waals surface area contributed by atoms with E-state index in [1.165, 1.54) is 22.3 Å². The molecule has 3 aromatic rings. The molecule has 0 radical (unpaired) electrons. The summed E-state index contributed by atoms with van der Waals surface area (Å²) in [6.07, 6.45) is 1.59. The lowest BCUT2D eigenvalue weighted by atomic mass is 10.1. The second-order valence-corrected chi connectivity index (χ2v) is 8.83. The van der Waals surface area contributed by atoms with Crippen LogP contribution in [0.25, 0.3) is 11.1 Å². The molecule has 0 spiro atoms. The molecule has 5 rings (SSSR count). The van der Waals surface area contributed by atoms with Gasteiger partial charge in [-0.1, -0.05) is 48.5 Å². The largest absolute Gasteiger partial charge is 0.454 e. The molecule has 0 saturated carbocycles. The zero-order valence-electron chi connectivity index (χ0n) is 15.8. The minimum absolute atomic E-state index is 0.144. The summed E-state index contributed by atoms with van der Waals surface area (Å²) < 4.78 is 11.5. The number of nitrogens with zero attached hydrogens (tertiary/aromatic N) is 1. The van der Waals surface area contributed by atoms with Gasteiger partial charge >= 0.3 is 0 Å². The number of thioether (sulfide) groups is 1. The Morgan fingerprint density at radius 3 is 2.40 bits per heavy atom. The summed E-state index contributed by atoms with van der Waals surface area (Å²) in [6.45, 7) is 0.212. The number of fused-ring (bicyclic) bond motifs is 4. The molecule has 0 fully saturated rings. The van der Waals surface area contributed by atoms with Crippen LogP contribution in [0.15, 0.2) is 70.2 Å². The highest BCUT2D eigenvalue weighted by molar-refractivity contribution is 9.10. The summed E-state index contributed by atoms with van der Waals surface area (Å²) in [5, 5.41) is 4.25. The highest BCUT2D eigenvalue weighted by Crippen LogP contribution is 2.49. The van der Waals surface area contributed by atoms with Crippen LogP contribution in [0, 0.1) is 0 Å². The molecule has 1 heterocycles. The van der Waals surface area contributed by atoms with Crippen molar-refractivity contribution in [3.8, 4) is 22.6 Å². The number of halogens is 1. The normalized spacial score (nSPS) is 14.0. The lowest BCUT2D eigenvalue weighted by Crippen LogP contribution is -2.20. The number of hydrogen-bond donors (Lipinski definition) is 1. The van der Waals surface area contributed by atoms with Gasteiger partial charge in [-0.2, -0.15) is 5.10 Å². The fourth-order valence-corrected chi connectivity index (χ4v) is 5.26. The van der Waals surface area contributed by atoms with Crippen molar-refractivity contribution in [3.63, 3.8) is 0 Å². The number of nitrogens with one attached hydrogen (secondary N) is 1. The molecule has 0 aromatic heterocycles. The Bertz CT molecular complexity index is 1120. The van der Waals surface area contributed by atoms with E-state index in [4.69, 9.17) is 9.47 Å². The number of ether oxygens (including phenoxy) is 2. The van der Waals surface area contributed by atoms with Crippen molar-refractivity contribution in [2.24, 2.45) is 5.10 Å². The first kappa shape index (κ1) is 19.2. The molecule has 3 aromatic carbocycles. The van der Waals surface area contributed by atoms with Crippen molar-refractivity contribution >= 4 is 39.8 Å². The topological polar surface area (TPSA) is 59.9 Å². The molecule has 7 heteroatoms. The average molecular weight is 481 g/mol. The van der Waals surface area contributed by atoms with E-state index in [2.05, 4.69) is 62.9 Å². The summed E-state index contributed by atoms with van der Waals surface area (Å²) in [6, 6.07) is 20.4. The van der Waals surface area contributed by atoms with Crippen molar-refractivity contribution in [3.05, 3.63) is 81.8 Å². The molecule has 1 amide bonds. The minimum Gasteiger partial charge on any atom is -0.454 e. The van der Waals surface area contributed by atoms with Crippen LogP contribution in [-0.4, -0.2) is 24.7 Å². The van der Waals surface area contributed by atoms with Crippen molar-refractivity contribution < 1.29 is 14.3 Å². The van der Waals surface area contributed by atoms with E-state index in [0.29, 0.717) is 17.3 Å². The Labute approximate surface area is 186 Å². The highest BCUT2D eigenvalue weighted by Gasteiger charge is 2.28. The Balaban J connectivity index is 1.24. The van der Waals surface area contributed by atoms with E-state index >= 15 is 0 Å². The van der Waals surface area contributed by atoms with Crippen molar-refractivity contribution in [2.75, 3.05) is 12.5 Å². The van der Waals surface area contributed by atoms with Crippen molar-refractivity contribution in [2.45, 2.75) is 5.25 Å². The molecule has 1 aliphatic carbocycles. The molecule has 0 unspecified atom stereocenters. The minimum atomic E-state index is -0.144. The summed E-state index contributed by atoms with van der Waals surface area (Å²) in [4.78, 5) is 12.4. The van der Waals surface area contributed by atoms with Gasteiger partial charge in [0.15, 0.2) is 11.5 Å². The Morgan fingerprint density at radius 2 is 1.70 bits per heavy atom. The van der Waals surface area contributed by atoms with E-state index < -0.39 is 0 Å². The Kier molecular flexibility index (Phi) is 5.23. The standard InChI is InChI=1S/C23H17BrN2O3S/c24-19-10-21-20(28-13-29-21)9-14(19)11-25-26-22(27)12-30-23-17-7-3-1-5-15(17)16-6-2-4-8-18(16)23/h1-11,23H,12-13H2,(H,26,27)/b25-11+. The number of benzene rings is 3. The third-order valence-corrected chi connectivity index (χ3v) is 7.00. The van der Waals surface area contributed by atoms with Crippen LogP contribution in [0.2, 0.25) is 0 Å². The van der Waals surface area contributed by atoms with Gasteiger partial charge in [0.2, 0.25) is 12.7 Å². The predicted octanol–water partition coefficient (Wildman–Crippen LogP) is 5.13. The van der Waals surface area contributed by atoms with Crippen LogP contribution in [-0.2, 0) is 4.79 Å². The first-order chi connectivity index (χ1) is 14.7. The zero-order chi connectivity index (χ0) is 20.5. The molecular formula is C23H17BrN2O3S. The van der Waals surface area contributed by atoms with Crippen LogP contribution in [0.3, 0.4) is 0 Å². The number of amides is 1. The third-order valence-electron chi connectivity index (χ3n) is 5.04. The van der Waals surface area contributed by atoms with Gasteiger partial charge in [0.25, 0.3) is 0 Å². The molecular weight excluding hydrogens is 464 g/mol. The van der Waals surface area contributed by atoms with Gasteiger partial charge in [-0.3, -0.25) is 4.79 Å². The van der Waals surface area contributed by atoms with E-state index in [1.807, 2.05) is 24.3 Å². The molecule has 1 N–H and O–H groups in total. The maximum Gasteiger partial charge on any atom is 0.250 e. The molecule has 5 nitrogen and oxygen atoms in total. The van der Waals surface area contributed by atoms with Gasteiger partial charge in [0.1, 0.15) is 0 Å². The number of hydrazone groups is 1. The first-order valence-corrected chi connectivity index (χ1v) is 11.3. The van der Waals surface area contributed by atoms with Crippen LogP contribution >= 0.6 is 27.7 Å². The predicted molar refractivity (Wildman–Crippen MR) is 122 cm³/mol. The Hall–Kier alpha value is -2.77. The van der Waals surface area contributed by atoms with Crippen LogP contribution in [0.5, 0.6) is 11.5 Å². The smallest absolute Gasteiger partial charge is 0.250 e. The molecule has 0 atom stereocenters. The van der Waals surface area contributed by atoms with Crippen LogP contribution in [0.1, 0.15) is 21.9 Å². The molecule has 0 saturated heterocycles. The molecule has 2 aliphatic rings. The fraction of sp³-hybridized carbons (Fsp3) is 0.130. The third kappa shape index (κ3) is 3.59. The van der Waals surface area contributed by atoms with E-state index in [0.717, 1.165) is 10.0 Å². The quantitative estimate of drug-likeness (QED) is 0.406. The van der Waals surface area contributed by atoms with Crippen molar-refractivity contribution in [1.29, 1.82) is 0 Å². The van der Waals surface area contributed by atoms with Crippen LogP contribution in [0.4, 0.5) is 0 Å². The van der Waals surface area contributed by atoms with Crippen molar-refractivity contribution in [1.82, 2.24) is 5.43 Å². The molecule has 30 heavy (non-hydrogen) atoms. The fourth-order valence-electron chi connectivity index (χ4n) is 3.69. The van der Waals surface area contributed by atoms with Gasteiger partial charge in [-0.05, 0) is 50.3 Å². The molecule has 1 aliphatic heterocycles. The number of hydrogen-bond acceptors (Lipinski definition) is 5. The second-order valence-electron chi connectivity index (χ2n) is 6.89. The number of carbonyl (C=O) groups excluding carboxylic acids is 1. The SMILES string of the molecule is O=C(CSC1c2ccccc2-c2ccccc21)N/N=C/c1cc2c(cc1Br)OCO2. The van der Waals surface area contributed by atoms with Crippen LogP contribution < -0.4 is 14.9 Å². The first-order valence-electron chi connectivity index (χ1n) is 9.41. The highest BCUT2D eigenvalue weighted by atomic mass is 79.9. The summed E-state index contributed by atoms with van der Waals surface area (Å²) in [5.74, 6) is 1.53. The van der Waals surface area contributed by atoms with E-state index in [-0.39, 0.29) is 18.0 Å². The monoisotopic (exact) mass is 480 g/mol. The summed E-state index contributed by atoms with van der Waals surface area (Å²) >= 11 is 5.09. The average Bonchev–Trinajstić information content (AvgIpc) is 3.34. The van der Waals surface area contributed by atoms with Gasteiger partial charge in [-0.15, -0.1) is 11.8 Å². The summed E-state index contributed by atoms with van der Waals surface area (Å²) in [7, 11) is 0. The van der Waals surface area contributed by atoms with Gasteiger partial charge in [0.05, 0.1) is 17.2 Å². The van der Waals surface area contributed by atoms with E-state index in [9.17, 15) is 4.79 Å². The number of carbonyl (C=O) groups is 1. The molecule has 0 bridgehead atoms. The Morgan fingerprint density at radius 1 is 1.07 bits per heavy atom.